The van der Waals surface area contributed by atoms with E-state index in [1.54, 1.807) is 13.8 Å². The van der Waals surface area contributed by atoms with E-state index in [1.807, 2.05) is 6.92 Å². The van der Waals surface area contributed by atoms with Crippen molar-refractivity contribution >= 4 is 11.9 Å². The highest BCUT2D eigenvalue weighted by atomic mass is 16.7. The lowest BCUT2D eigenvalue weighted by molar-refractivity contribution is -0.123. The second kappa shape index (κ2) is 4.82. The smallest absolute Gasteiger partial charge is 0.483 e. The van der Waals surface area contributed by atoms with Crippen molar-refractivity contribution in [1.82, 2.24) is 0 Å². The number of rotatable bonds is 3. The minimum absolute atomic E-state index is 0.0414. The van der Waals surface area contributed by atoms with E-state index in [9.17, 15) is 9.59 Å². The van der Waals surface area contributed by atoms with Gasteiger partial charge in [-0.3, -0.25) is 4.79 Å². The molecule has 1 unspecified atom stereocenters. The second-order valence-corrected chi connectivity index (χ2v) is 3.05. The minimum atomic E-state index is -0.874. The molecule has 0 saturated heterocycles. The number of Topliss-reactive ketones (excluding diaryl/α,β-unsaturated/α-hetero) is 1. The molecule has 0 radical (unpaired) electrons. The first-order valence-electron chi connectivity index (χ1n) is 4.86. The Hall–Kier alpha value is -1.52. The van der Waals surface area contributed by atoms with E-state index in [1.165, 1.54) is 0 Å². The van der Waals surface area contributed by atoms with Crippen molar-refractivity contribution < 1.29 is 23.8 Å². The van der Waals surface area contributed by atoms with Gasteiger partial charge in [0.1, 0.15) is 5.76 Å². The van der Waals surface area contributed by atoms with E-state index in [0.29, 0.717) is 12.2 Å². The zero-order valence-electron chi connectivity index (χ0n) is 9.03. The first-order valence-corrected chi connectivity index (χ1v) is 4.86. The van der Waals surface area contributed by atoms with Gasteiger partial charge in [-0.15, -0.1) is 0 Å². The molecule has 0 amide bonds. The molecular weight excluding hydrogens is 200 g/mol. The molecule has 0 spiro atoms. The van der Waals surface area contributed by atoms with E-state index in [2.05, 4.69) is 4.74 Å². The lowest BCUT2D eigenvalue weighted by Gasteiger charge is -2.05. The van der Waals surface area contributed by atoms with Crippen LogP contribution in [-0.4, -0.2) is 24.6 Å². The Bertz CT molecular complexity index is 305. The Morgan fingerprint density at radius 2 is 2.13 bits per heavy atom. The summed E-state index contributed by atoms with van der Waals surface area (Å²) < 4.78 is 14.5. The van der Waals surface area contributed by atoms with Crippen molar-refractivity contribution in [3.63, 3.8) is 0 Å². The maximum Gasteiger partial charge on any atom is 0.514 e. The molecule has 0 fully saturated rings. The quantitative estimate of drug-likeness (QED) is 0.670. The van der Waals surface area contributed by atoms with Crippen molar-refractivity contribution in [2.45, 2.75) is 33.3 Å². The molecule has 5 heteroatoms. The maximum atomic E-state index is 11.6. The number of hydrogen-bond acceptors (Lipinski definition) is 5. The summed E-state index contributed by atoms with van der Waals surface area (Å²) in [6.45, 7) is 5.27. The highest BCUT2D eigenvalue weighted by molar-refractivity contribution is 6.00. The molecule has 5 nitrogen and oxygen atoms in total. The van der Waals surface area contributed by atoms with Gasteiger partial charge in [0.2, 0.25) is 11.5 Å². The lowest BCUT2D eigenvalue weighted by Crippen LogP contribution is -2.19. The summed E-state index contributed by atoms with van der Waals surface area (Å²) in [6.07, 6.45) is -0.860. The largest absolute Gasteiger partial charge is 0.514 e. The van der Waals surface area contributed by atoms with Gasteiger partial charge in [-0.2, -0.15) is 0 Å². The van der Waals surface area contributed by atoms with Crippen molar-refractivity contribution in [2.24, 2.45) is 0 Å². The van der Waals surface area contributed by atoms with Crippen LogP contribution in [0, 0.1) is 0 Å². The Balaban J connectivity index is 2.65. The Kier molecular flexibility index (Phi) is 3.71. The molecular formula is C10H14O5. The van der Waals surface area contributed by atoms with Gasteiger partial charge >= 0.3 is 6.16 Å². The van der Waals surface area contributed by atoms with Crippen LogP contribution in [0.4, 0.5) is 4.79 Å². The van der Waals surface area contributed by atoms with Crippen LogP contribution >= 0.6 is 0 Å². The van der Waals surface area contributed by atoms with E-state index >= 15 is 0 Å². The number of hydrogen-bond donors (Lipinski definition) is 0. The minimum Gasteiger partial charge on any atom is -0.483 e. The molecule has 1 rings (SSSR count). The molecule has 0 bridgehead atoms. The fraction of sp³-hybridized carbons (Fsp3) is 0.600. The average molecular weight is 214 g/mol. The van der Waals surface area contributed by atoms with Gasteiger partial charge in [-0.25, -0.2) is 4.79 Å². The third-order valence-corrected chi connectivity index (χ3v) is 1.97. The Morgan fingerprint density at radius 3 is 2.60 bits per heavy atom. The summed E-state index contributed by atoms with van der Waals surface area (Å²) >= 11 is 0. The fourth-order valence-corrected chi connectivity index (χ4v) is 1.26. The highest BCUT2D eigenvalue weighted by Gasteiger charge is 2.35. The van der Waals surface area contributed by atoms with Crippen LogP contribution in [0.5, 0.6) is 0 Å². The van der Waals surface area contributed by atoms with Crippen molar-refractivity contribution in [1.29, 1.82) is 0 Å². The molecule has 0 aromatic carbocycles. The first-order chi connectivity index (χ1) is 7.10. The van der Waals surface area contributed by atoms with Crippen LogP contribution in [0.3, 0.4) is 0 Å². The summed E-state index contributed by atoms with van der Waals surface area (Å²) in [5.74, 6) is -0.0109. The summed E-state index contributed by atoms with van der Waals surface area (Å²) in [5.41, 5.74) is 0. The Morgan fingerprint density at radius 1 is 1.47 bits per heavy atom. The molecule has 1 aliphatic heterocycles. The van der Waals surface area contributed by atoms with Gasteiger partial charge in [-0.05, 0) is 20.3 Å². The molecule has 0 aliphatic carbocycles. The molecule has 1 heterocycles. The van der Waals surface area contributed by atoms with Crippen LogP contribution in [0.1, 0.15) is 27.2 Å². The number of ketones is 1. The van der Waals surface area contributed by atoms with Crippen molar-refractivity contribution in [2.75, 3.05) is 6.61 Å². The molecule has 0 aromatic rings. The van der Waals surface area contributed by atoms with E-state index < -0.39 is 12.3 Å². The van der Waals surface area contributed by atoms with Gasteiger partial charge in [0.05, 0.1) is 6.61 Å². The highest BCUT2D eigenvalue weighted by Crippen LogP contribution is 2.24. The third kappa shape index (κ3) is 2.49. The van der Waals surface area contributed by atoms with Gasteiger partial charge < -0.3 is 14.2 Å². The topological polar surface area (TPSA) is 61.8 Å². The zero-order valence-corrected chi connectivity index (χ0v) is 9.03. The molecule has 0 N–H and O–H groups in total. The normalized spacial score (nSPS) is 20.2. The molecule has 1 atom stereocenters. The summed E-state index contributed by atoms with van der Waals surface area (Å²) in [4.78, 5) is 22.6. The van der Waals surface area contributed by atoms with E-state index in [0.717, 1.165) is 0 Å². The predicted molar refractivity (Wildman–Crippen MR) is 51.0 cm³/mol. The fourth-order valence-electron chi connectivity index (χ4n) is 1.26. The average Bonchev–Trinajstić information content (AvgIpc) is 2.45. The molecule has 0 aromatic heterocycles. The van der Waals surface area contributed by atoms with Crippen LogP contribution in [0.15, 0.2) is 11.5 Å². The number of allylic oxidation sites excluding steroid dienone is 1. The van der Waals surface area contributed by atoms with Crippen LogP contribution in [0.2, 0.25) is 0 Å². The Labute approximate surface area is 88.0 Å². The van der Waals surface area contributed by atoms with Crippen molar-refractivity contribution in [3.05, 3.63) is 11.5 Å². The molecule has 1 aliphatic rings. The third-order valence-electron chi connectivity index (χ3n) is 1.97. The molecule has 84 valence electrons. The number of ether oxygens (including phenoxy) is 3. The first kappa shape index (κ1) is 11.6. The SMILES string of the molecule is CCOC(=O)OC1=C(C)OC(CC)C1=O. The molecule has 15 heavy (non-hydrogen) atoms. The molecule has 0 saturated carbocycles. The second-order valence-electron chi connectivity index (χ2n) is 3.05. The van der Waals surface area contributed by atoms with Crippen LogP contribution in [-0.2, 0) is 19.0 Å². The standard InChI is InChI=1S/C10H14O5/c1-4-7-8(11)9(6(3)14-7)15-10(12)13-5-2/h7H,4-5H2,1-3H3. The van der Waals surface area contributed by atoms with E-state index in [-0.39, 0.29) is 18.1 Å². The lowest BCUT2D eigenvalue weighted by atomic mass is 10.2. The summed E-state index contributed by atoms with van der Waals surface area (Å²) in [5, 5.41) is 0. The van der Waals surface area contributed by atoms with Gasteiger partial charge in [0, 0.05) is 0 Å². The summed E-state index contributed by atoms with van der Waals surface area (Å²) in [6, 6.07) is 0. The van der Waals surface area contributed by atoms with Crippen LogP contribution in [0.25, 0.3) is 0 Å². The number of carbonyl (C=O) groups excluding carboxylic acids is 2. The summed E-state index contributed by atoms with van der Waals surface area (Å²) in [7, 11) is 0. The van der Waals surface area contributed by atoms with Gasteiger partial charge in [0.15, 0.2) is 6.10 Å². The van der Waals surface area contributed by atoms with Gasteiger partial charge in [-0.1, -0.05) is 6.92 Å². The van der Waals surface area contributed by atoms with Crippen LogP contribution < -0.4 is 0 Å². The zero-order chi connectivity index (χ0) is 11.4. The van der Waals surface area contributed by atoms with Crippen molar-refractivity contribution in [3.8, 4) is 0 Å². The van der Waals surface area contributed by atoms with Gasteiger partial charge in [0.25, 0.3) is 0 Å². The number of carbonyl (C=O) groups is 2. The monoisotopic (exact) mass is 214 g/mol. The predicted octanol–water partition coefficient (Wildman–Crippen LogP) is 1.77. The van der Waals surface area contributed by atoms with E-state index in [4.69, 9.17) is 9.47 Å². The maximum absolute atomic E-state index is 11.6.